The predicted octanol–water partition coefficient (Wildman–Crippen LogP) is 17.5. The van der Waals surface area contributed by atoms with Crippen LogP contribution in [-0.4, -0.2) is 27.4 Å². The first-order valence-electron chi connectivity index (χ1n) is 36.6. The molecule has 3 nitrogen and oxygen atoms in total. The van der Waals surface area contributed by atoms with Crippen molar-refractivity contribution in [2.75, 3.05) is 4.90 Å². The number of hydrogen-bond donors (Lipinski definition) is 0. The molecule has 2 aliphatic rings. The van der Waals surface area contributed by atoms with Crippen LogP contribution >= 0.6 is 0 Å². The van der Waals surface area contributed by atoms with Gasteiger partial charge in [0.1, 0.15) is 11.5 Å². The van der Waals surface area contributed by atoms with E-state index in [0.29, 0.717) is 0 Å². The molecule has 0 unspecified atom stereocenters. The van der Waals surface area contributed by atoms with Gasteiger partial charge in [-0.05, 0) is 150 Å². The Morgan fingerprint density at radius 2 is 0.683 bits per heavy atom. The van der Waals surface area contributed by atoms with E-state index in [9.17, 15) is 0 Å². The zero-order valence-electron chi connectivity index (χ0n) is 59.6. The van der Waals surface area contributed by atoms with Crippen molar-refractivity contribution in [2.45, 2.75) is 52.4 Å². The number of para-hydroxylation sites is 1. The second-order valence-corrected chi connectivity index (χ2v) is 37.9. The summed E-state index contributed by atoms with van der Waals surface area (Å²) in [7, 11) is -6.72. The zero-order valence-corrected chi connectivity index (χ0v) is 61.6. The van der Waals surface area contributed by atoms with Gasteiger partial charge in [0.15, 0.2) is 16.1 Å². The van der Waals surface area contributed by atoms with Crippen molar-refractivity contribution in [2.24, 2.45) is 0 Å². The first kappa shape index (κ1) is 64.3. The van der Waals surface area contributed by atoms with Crippen LogP contribution in [0.3, 0.4) is 0 Å². The number of fused-ring (bicyclic) bond motifs is 7. The van der Waals surface area contributed by atoms with E-state index in [1.54, 1.807) is 0 Å². The Morgan fingerprint density at radius 3 is 1.17 bits per heavy atom. The molecule has 0 N–H and O–H groups in total. The van der Waals surface area contributed by atoms with Gasteiger partial charge in [0.05, 0.1) is 16.7 Å². The molecule has 0 saturated heterocycles. The van der Waals surface area contributed by atoms with Crippen molar-refractivity contribution in [3.63, 3.8) is 0 Å². The van der Waals surface area contributed by atoms with Crippen molar-refractivity contribution >= 4 is 120 Å². The molecule has 16 aromatic rings. The molecule has 0 saturated carbocycles. The molecule has 6 heteroatoms. The van der Waals surface area contributed by atoms with Gasteiger partial charge < -0.3 is 14.2 Å². The van der Waals surface area contributed by atoms with E-state index in [1.165, 1.54) is 102 Å². The van der Waals surface area contributed by atoms with Crippen LogP contribution < -0.4 is 67.5 Å². The molecule has 104 heavy (non-hydrogen) atoms. The monoisotopic (exact) mass is 1370 g/mol. The Hall–Kier alpha value is -11.8. The van der Waals surface area contributed by atoms with Crippen molar-refractivity contribution in [3.05, 3.63) is 381 Å². The minimum atomic E-state index is -3.43. The van der Waals surface area contributed by atoms with Gasteiger partial charge in [-0.25, -0.2) is 0 Å². The first-order valence-corrected chi connectivity index (χ1v) is 40.6. The van der Waals surface area contributed by atoms with Gasteiger partial charge in [-0.15, -0.1) is 0 Å². The number of anilines is 3. The number of aromatic nitrogens is 1. The van der Waals surface area contributed by atoms with Gasteiger partial charge in [0.2, 0.25) is 0 Å². The fourth-order valence-corrected chi connectivity index (χ4v) is 26.8. The minimum Gasteiger partial charge on any atom is -0.458 e. The maximum Gasteiger partial charge on any atom is 0.256 e. The smallest absolute Gasteiger partial charge is 0.256 e. The van der Waals surface area contributed by atoms with Gasteiger partial charge in [0, 0.05) is 39.5 Å². The average molecular weight is 1370 g/mol. The van der Waals surface area contributed by atoms with Crippen molar-refractivity contribution < 1.29 is 4.74 Å². The molecular formula is C98H79BN2OSi2. The molecule has 3 heterocycles. The molecule has 0 spiro atoms. The Kier molecular flexibility index (Phi) is 15.8. The molecule has 0 bridgehead atoms. The minimum absolute atomic E-state index is 0.0781. The molecule has 2 aliphatic heterocycles. The lowest BCUT2D eigenvalue weighted by molar-refractivity contribution is 0.487. The van der Waals surface area contributed by atoms with E-state index in [4.69, 9.17) is 4.74 Å². The fourth-order valence-electron chi connectivity index (χ4n) is 17.2. The number of nitrogens with zero attached hydrogens (tertiary/aromatic N) is 2. The lowest BCUT2D eigenvalue weighted by Gasteiger charge is -2.43. The van der Waals surface area contributed by atoms with E-state index in [0.717, 1.165) is 56.3 Å². The normalized spacial score (nSPS) is 12.8. The topological polar surface area (TPSA) is 17.4 Å². The maximum absolute atomic E-state index is 8.08. The van der Waals surface area contributed by atoms with E-state index in [2.05, 4.69) is 421 Å². The lowest BCUT2D eigenvalue weighted by Crippen LogP contribution is -2.75. The third-order valence-corrected chi connectivity index (χ3v) is 31.7. The summed E-state index contributed by atoms with van der Waals surface area (Å²) in [6.45, 7) is 13.7. The summed E-state index contributed by atoms with van der Waals surface area (Å²) in [5, 5.41) is 12.7. The van der Waals surface area contributed by atoms with E-state index < -0.39 is 16.1 Å². The third-order valence-electron chi connectivity index (χ3n) is 22.2. The highest BCUT2D eigenvalue weighted by Crippen LogP contribution is 2.46. The summed E-state index contributed by atoms with van der Waals surface area (Å²) in [6.07, 6.45) is 0. The summed E-state index contributed by atoms with van der Waals surface area (Å²) in [5.74, 6) is 1.70. The van der Waals surface area contributed by atoms with Crippen LogP contribution in [0.1, 0.15) is 52.7 Å². The highest BCUT2D eigenvalue weighted by atomic mass is 28.3. The Balaban J connectivity index is 0.981. The largest absolute Gasteiger partial charge is 0.458 e. The lowest BCUT2D eigenvalue weighted by atomic mass is 9.34. The second-order valence-electron chi connectivity index (χ2n) is 30.3. The quantitative estimate of drug-likeness (QED) is 0.0846. The molecule has 1 aromatic heterocycles. The van der Waals surface area contributed by atoms with Crippen LogP contribution in [0.2, 0.25) is 0 Å². The average Bonchev–Trinajstić information content (AvgIpc) is 0.806. The van der Waals surface area contributed by atoms with Gasteiger partial charge in [-0.2, -0.15) is 0 Å². The Labute approximate surface area is 613 Å². The van der Waals surface area contributed by atoms with Crippen LogP contribution in [0.25, 0.3) is 60.9 Å². The third kappa shape index (κ3) is 10.7. The molecular weight excluding hydrogens is 1290 g/mol. The summed E-state index contributed by atoms with van der Waals surface area (Å²) in [6, 6.07) is 141. The first-order chi connectivity index (χ1) is 50.8. The van der Waals surface area contributed by atoms with E-state index >= 15 is 0 Å². The SMILES string of the molecule is CC(C)(C)c1ccc2c3ccc(C(C)(C)C)cc3n(-c3ccc4c(c3)Oc3cc([Si](c5ccccc5)(c5ccccc5)c5cccc(-c6ccccc6)c5)cc5c3B4c3ccc([Si](c4ccccc4)(c4ccccc4)c4cccc(-c6ccccc6)c4)cc3N5c3ccccc3-c3ccccc3)c2c1. The summed E-state index contributed by atoms with van der Waals surface area (Å²) in [5.41, 5.74) is 19.7. The Morgan fingerprint density at radius 1 is 0.279 bits per heavy atom. The fraction of sp³-hybridized carbons (Fsp3) is 0.0816. The van der Waals surface area contributed by atoms with Crippen LogP contribution in [0.4, 0.5) is 17.1 Å². The number of benzene rings is 15. The van der Waals surface area contributed by atoms with E-state index in [-0.39, 0.29) is 17.5 Å². The number of ether oxygens (including phenoxy) is 1. The highest BCUT2D eigenvalue weighted by Gasteiger charge is 2.49. The maximum atomic E-state index is 8.08. The van der Waals surface area contributed by atoms with Gasteiger partial charge in [-0.3, -0.25) is 0 Å². The number of rotatable bonds is 13. The van der Waals surface area contributed by atoms with Crippen molar-refractivity contribution in [1.82, 2.24) is 4.57 Å². The van der Waals surface area contributed by atoms with Gasteiger partial charge in [-0.1, -0.05) is 363 Å². The second kappa shape index (κ2) is 25.6. The molecule has 15 aromatic carbocycles. The number of hydrogen-bond acceptors (Lipinski definition) is 2. The molecule has 0 atom stereocenters. The molecule has 0 radical (unpaired) electrons. The predicted molar refractivity (Wildman–Crippen MR) is 448 cm³/mol. The summed E-state index contributed by atoms with van der Waals surface area (Å²) < 4.78 is 10.6. The standard InChI is InChI=1S/C98H79BN2OSi2/c1-97(2,3)73-52-56-85-86-57-53-74(98(4,5)6)63-91(86)100(90(85)62-73)75-54-58-88-94(64-75)102-95-67-83(104(78-44-24-12-25-45-78,79-46-26-13-27-47-79)81-49-31-39-72(61-81)69-34-16-8-17-35-69)66-93-96(95)99(88)87-59-55-82(65-92(87)101(93)89-51-29-28-50-84(89)70-36-18-9-19-37-70)103(76-40-20-10-21-41-76,77-42-22-11-23-43-77)80-48-30-38-71(60-80)68-32-14-7-15-33-68/h7-67H,1-6H3. The molecule has 498 valence electrons. The summed E-state index contributed by atoms with van der Waals surface area (Å²) in [4.78, 5) is 2.66. The van der Waals surface area contributed by atoms with Crippen LogP contribution in [0.15, 0.2) is 370 Å². The molecule has 0 amide bonds. The Bertz CT molecular complexity index is 5760. The van der Waals surface area contributed by atoms with Gasteiger partial charge >= 0.3 is 0 Å². The van der Waals surface area contributed by atoms with Crippen LogP contribution in [-0.2, 0) is 10.8 Å². The van der Waals surface area contributed by atoms with Crippen LogP contribution in [0, 0.1) is 0 Å². The summed E-state index contributed by atoms with van der Waals surface area (Å²) >= 11 is 0. The molecule has 0 aliphatic carbocycles. The van der Waals surface area contributed by atoms with Gasteiger partial charge in [0.25, 0.3) is 6.71 Å². The molecule has 0 fully saturated rings. The van der Waals surface area contributed by atoms with E-state index in [1.807, 2.05) is 0 Å². The molecule has 18 rings (SSSR count). The highest BCUT2D eigenvalue weighted by molar-refractivity contribution is 7.21. The van der Waals surface area contributed by atoms with Crippen molar-refractivity contribution in [1.29, 1.82) is 0 Å². The van der Waals surface area contributed by atoms with Crippen LogP contribution in [0.5, 0.6) is 11.5 Å². The van der Waals surface area contributed by atoms with Crippen molar-refractivity contribution in [3.8, 4) is 50.6 Å². The zero-order chi connectivity index (χ0) is 70.3.